The Hall–Kier alpha value is -1.33. The fraction of sp³-hybridized carbons (Fsp3) is 0.722. The lowest BCUT2D eigenvalue weighted by Crippen LogP contribution is -2.58. The molecule has 1 aromatic heterocycles. The number of hydrogen-bond acceptors (Lipinski definition) is 3. The molecule has 0 N–H and O–H groups in total. The molecule has 5 nitrogen and oxygen atoms in total. The van der Waals surface area contributed by atoms with E-state index in [0.717, 1.165) is 44.7 Å². The number of carbonyl (C=O) groups is 1. The summed E-state index contributed by atoms with van der Waals surface area (Å²) in [7, 11) is 1.92. The first-order chi connectivity index (χ1) is 11.0. The summed E-state index contributed by atoms with van der Waals surface area (Å²) in [6.07, 6.45) is 5.35. The summed E-state index contributed by atoms with van der Waals surface area (Å²) in [5.74, 6) is 0.116. The van der Waals surface area contributed by atoms with Gasteiger partial charge in [-0.15, -0.1) is 0 Å². The number of nitrogens with zero attached hydrogens (tertiary/aromatic N) is 2. The molecule has 128 valence electrons. The van der Waals surface area contributed by atoms with Crippen molar-refractivity contribution in [2.75, 3.05) is 26.3 Å². The third-order valence-electron chi connectivity index (χ3n) is 5.14. The molecule has 0 aliphatic carbocycles. The highest BCUT2D eigenvalue weighted by atomic mass is 16.5. The van der Waals surface area contributed by atoms with Crippen LogP contribution in [0.1, 0.15) is 43.6 Å². The second-order valence-corrected chi connectivity index (χ2v) is 7.20. The monoisotopic (exact) mass is 320 g/mol. The van der Waals surface area contributed by atoms with Crippen LogP contribution in [0.4, 0.5) is 0 Å². The number of hydrogen-bond donors (Lipinski definition) is 0. The summed E-state index contributed by atoms with van der Waals surface area (Å²) in [6, 6.07) is 3.81. The molecule has 2 atom stereocenters. The zero-order chi connectivity index (χ0) is 16.4. The van der Waals surface area contributed by atoms with Crippen molar-refractivity contribution in [1.82, 2.24) is 9.47 Å². The minimum absolute atomic E-state index is 0.0540. The zero-order valence-corrected chi connectivity index (χ0v) is 14.5. The standard InChI is InChI=1S/C18H28N2O3/c1-14(2)23-13-18-8-5-11-22-16(18)7-10-20(12-18)17(21)15-6-4-9-19(15)3/h4,6,9,14,16H,5,7-8,10-13H2,1-3H3. The van der Waals surface area contributed by atoms with Gasteiger partial charge in [0.1, 0.15) is 5.69 Å². The molecule has 23 heavy (non-hydrogen) atoms. The molecule has 2 aliphatic rings. The van der Waals surface area contributed by atoms with Gasteiger partial charge < -0.3 is 18.9 Å². The van der Waals surface area contributed by atoms with E-state index < -0.39 is 0 Å². The molecule has 0 radical (unpaired) electrons. The summed E-state index contributed by atoms with van der Waals surface area (Å²) in [5.41, 5.74) is 0.696. The second kappa shape index (κ2) is 6.65. The first-order valence-electron chi connectivity index (χ1n) is 8.66. The Bertz CT molecular complexity index is 554. The number of likely N-dealkylation sites (tertiary alicyclic amines) is 1. The lowest BCUT2D eigenvalue weighted by molar-refractivity contribution is -0.152. The molecule has 0 aromatic carbocycles. The van der Waals surface area contributed by atoms with Crippen LogP contribution in [0, 0.1) is 5.41 Å². The van der Waals surface area contributed by atoms with Gasteiger partial charge in [0.15, 0.2) is 0 Å². The van der Waals surface area contributed by atoms with Crippen molar-refractivity contribution in [2.24, 2.45) is 12.5 Å². The van der Waals surface area contributed by atoms with Crippen LogP contribution < -0.4 is 0 Å². The number of rotatable bonds is 4. The summed E-state index contributed by atoms with van der Waals surface area (Å²) in [5, 5.41) is 0. The predicted octanol–water partition coefficient (Wildman–Crippen LogP) is 2.46. The summed E-state index contributed by atoms with van der Waals surface area (Å²) in [4.78, 5) is 14.9. The van der Waals surface area contributed by atoms with Crippen LogP contribution in [0.5, 0.6) is 0 Å². The van der Waals surface area contributed by atoms with Crippen molar-refractivity contribution in [1.29, 1.82) is 0 Å². The smallest absolute Gasteiger partial charge is 0.270 e. The Kier molecular flexibility index (Phi) is 4.78. The molecule has 2 unspecified atom stereocenters. The zero-order valence-electron chi connectivity index (χ0n) is 14.5. The molecule has 3 heterocycles. The van der Waals surface area contributed by atoms with E-state index in [1.54, 1.807) is 0 Å². The van der Waals surface area contributed by atoms with E-state index >= 15 is 0 Å². The van der Waals surface area contributed by atoms with Gasteiger partial charge in [0.05, 0.1) is 18.8 Å². The molecule has 1 amide bonds. The summed E-state index contributed by atoms with van der Waals surface area (Å²) >= 11 is 0. The summed E-state index contributed by atoms with van der Waals surface area (Å²) < 4.78 is 13.9. The Morgan fingerprint density at radius 1 is 1.52 bits per heavy atom. The van der Waals surface area contributed by atoms with Gasteiger partial charge in [0.2, 0.25) is 0 Å². The van der Waals surface area contributed by atoms with Gasteiger partial charge in [0.25, 0.3) is 5.91 Å². The molecule has 2 fully saturated rings. The van der Waals surface area contributed by atoms with Crippen molar-refractivity contribution in [3.63, 3.8) is 0 Å². The van der Waals surface area contributed by atoms with E-state index in [2.05, 4.69) is 13.8 Å². The Labute approximate surface area is 138 Å². The van der Waals surface area contributed by atoms with E-state index in [-0.39, 0.29) is 23.5 Å². The maximum Gasteiger partial charge on any atom is 0.270 e. The van der Waals surface area contributed by atoms with Crippen LogP contribution in [0.3, 0.4) is 0 Å². The van der Waals surface area contributed by atoms with Gasteiger partial charge in [-0.25, -0.2) is 0 Å². The highest BCUT2D eigenvalue weighted by molar-refractivity contribution is 5.92. The van der Waals surface area contributed by atoms with Gasteiger partial charge in [0, 0.05) is 38.4 Å². The third kappa shape index (κ3) is 3.31. The predicted molar refractivity (Wildman–Crippen MR) is 88.4 cm³/mol. The van der Waals surface area contributed by atoms with Crippen LogP contribution in [-0.4, -0.2) is 53.9 Å². The number of piperidine rings is 1. The molecule has 1 aromatic rings. The topological polar surface area (TPSA) is 43.7 Å². The first-order valence-corrected chi connectivity index (χ1v) is 8.66. The minimum Gasteiger partial charge on any atom is -0.378 e. The van der Waals surface area contributed by atoms with Crippen LogP contribution in [0.15, 0.2) is 18.3 Å². The molecule has 3 rings (SSSR count). The number of aryl methyl sites for hydroxylation is 1. The highest BCUT2D eigenvalue weighted by Gasteiger charge is 2.47. The Morgan fingerprint density at radius 3 is 3.04 bits per heavy atom. The molecule has 0 spiro atoms. The SMILES string of the molecule is CC(C)OCC12CCCOC1CCN(C(=O)c1cccn1C)C2. The molecule has 2 saturated heterocycles. The lowest BCUT2D eigenvalue weighted by atomic mass is 9.73. The number of amides is 1. The number of ether oxygens (including phenoxy) is 2. The van der Waals surface area contributed by atoms with E-state index in [1.165, 1.54) is 0 Å². The number of carbonyl (C=O) groups excluding carboxylic acids is 1. The fourth-order valence-corrected chi connectivity index (χ4v) is 3.85. The summed E-state index contributed by atoms with van der Waals surface area (Å²) in [6.45, 7) is 7.12. The minimum atomic E-state index is -0.0540. The molecular weight excluding hydrogens is 292 g/mol. The highest BCUT2D eigenvalue weighted by Crippen LogP contribution is 2.41. The fourth-order valence-electron chi connectivity index (χ4n) is 3.85. The van der Waals surface area contributed by atoms with Gasteiger partial charge in [-0.05, 0) is 45.2 Å². The molecule has 5 heteroatoms. The van der Waals surface area contributed by atoms with Gasteiger partial charge in [-0.3, -0.25) is 4.79 Å². The maximum absolute atomic E-state index is 12.9. The second-order valence-electron chi connectivity index (χ2n) is 7.20. The average molecular weight is 320 g/mol. The normalized spacial score (nSPS) is 28.0. The first kappa shape index (κ1) is 16.5. The lowest BCUT2D eigenvalue weighted by Gasteiger charge is -2.50. The van der Waals surface area contributed by atoms with Crippen LogP contribution in [0.25, 0.3) is 0 Å². The van der Waals surface area contributed by atoms with Gasteiger partial charge in [-0.1, -0.05) is 0 Å². The Balaban J connectivity index is 1.77. The third-order valence-corrected chi connectivity index (χ3v) is 5.14. The van der Waals surface area contributed by atoms with Crippen LogP contribution in [0.2, 0.25) is 0 Å². The van der Waals surface area contributed by atoms with Crippen LogP contribution in [-0.2, 0) is 16.5 Å². The van der Waals surface area contributed by atoms with Crippen molar-refractivity contribution in [3.8, 4) is 0 Å². The van der Waals surface area contributed by atoms with E-state index in [0.29, 0.717) is 6.61 Å². The average Bonchev–Trinajstić information content (AvgIpc) is 2.98. The largest absolute Gasteiger partial charge is 0.378 e. The van der Waals surface area contributed by atoms with Crippen LogP contribution >= 0.6 is 0 Å². The van der Waals surface area contributed by atoms with E-state index in [4.69, 9.17) is 9.47 Å². The van der Waals surface area contributed by atoms with Crippen molar-refractivity contribution in [2.45, 2.75) is 45.3 Å². The van der Waals surface area contributed by atoms with E-state index in [9.17, 15) is 4.79 Å². The molecule has 0 saturated carbocycles. The maximum atomic E-state index is 12.9. The van der Waals surface area contributed by atoms with Crippen molar-refractivity contribution >= 4 is 5.91 Å². The number of fused-ring (bicyclic) bond motifs is 1. The molecule has 2 aliphatic heterocycles. The van der Waals surface area contributed by atoms with E-state index in [1.807, 2.05) is 34.8 Å². The van der Waals surface area contributed by atoms with Gasteiger partial charge in [-0.2, -0.15) is 0 Å². The van der Waals surface area contributed by atoms with Crippen molar-refractivity contribution in [3.05, 3.63) is 24.0 Å². The Morgan fingerprint density at radius 2 is 2.35 bits per heavy atom. The number of aromatic nitrogens is 1. The van der Waals surface area contributed by atoms with Gasteiger partial charge >= 0.3 is 0 Å². The van der Waals surface area contributed by atoms with Crippen molar-refractivity contribution < 1.29 is 14.3 Å². The quantitative estimate of drug-likeness (QED) is 0.856. The molecular formula is C18H28N2O3. The molecule has 0 bridgehead atoms.